The Morgan fingerprint density at radius 2 is 2.00 bits per heavy atom. The van der Waals surface area contributed by atoms with Gasteiger partial charge in [-0.2, -0.15) is 0 Å². The standard InChI is InChI=1S/C12H19N/c1-4-9(3)12-8-11(13)7-6-10(12)5-2/h6-9H,4-5,13H2,1-3H3. The average molecular weight is 177 g/mol. The lowest BCUT2D eigenvalue weighted by Gasteiger charge is -2.14. The zero-order chi connectivity index (χ0) is 9.84. The van der Waals surface area contributed by atoms with E-state index in [-0.39, 0.29) is 0 Å². The van der Waals surface area contributed by atoms with E-state index in [0.717, 1.165) is 12.1 Å². The molecule has 0 fully saturated rings. The smallest absolute Gasteiger partial charge is 0.0317 e. The topological polar surface area (TPSA) is 26.0 Å². The Morgan fingerprint density at radius 1 is 1.31 bits per heavy atom. The molecule has 0 aromatic heterocycles. The van der Waals surface area contributed by atoms with Crippen LogP contribution in [-0.2, 0) is 6.42 Å². The molecule has 13 heavy (non-hydrogen) atoms. The van der Waals surface area contributed by atoms with Crippen LogP contribution in [-0.4, -0.2) is 0 Å². The van der Waals surface area contributed by atoms with Crippen molar-refractivity contribution in [3.63, 3.8) is 0 Å². The lowest BCUT2D eigenvalue weighted by molar-refractivity contribution is 0.724. The van der Waals surface area contributed by atoms with E-state index in [1.807, 2.05) is 6.07 Å². The minimum absolute atomic E-state index is 0.624. The fourth-order valence-electron chi connectivity index (χ4n) is 1.61. The van der Waals surface area contributed by atoms with E-state index < -0.39 is 0 Å². The van der Waals surface area contributed by atoms with Gasteiger partial charge in [-0.25, -0.2) is 0 Å². The second-order valence-electron chi connectivity index (χ2n) is 3.62. The summed E-state index contributed by atoms with van der Waals surface area (Å²) in [4.78, 5) is 0. The van der Waals surface area contributed by atoms with Crippen LogP contribution in [0.25, 0.3) is 0 Å². The molecule has 0 aliphatic heterocycles. The van der Waals surface area contributed by atoms with Crippen molar-refractivity contribution in [3.8, 4) is 0 Å². The van der Waals surface area contributed by atoms with Crippen molar-refractivity contribution in [2.45, 2.75) is 39.5 Å². The molecule has 0 aliphatic carbocycles. The quantitative estimate of drug-likeness (QED) is 0.704. The molecule has 0 amide bonds. The van der Waals surface area contributed by atoms with Crippen LogP contribution < -0.4 is 5.73 Å². The minimum Gasteiger partial charge on any atom is -0.399 e. The third-order valence-electron chi connectivity index (χ3n) is 2.69. The van der Waals surface area contributed by atoms with Crippen molar-refractivity contribution in [3.05, 3.63) is 29.3 Å². The van der Waals surface area contributed by atoms with Crippen LogP contribution in [0, 0.1) is 0 Å². The van der Waals surface area contributed by atoms with Gasteiger partial charge in [-0.1, -0.05) is 26.8 Å². The molecule has 0 heterocycles. The summed E-state index contributed by atoms with van der Waals surface area (Å²) in [5.41, 5.74) is 9.51. The number of hydrogen-bond acceptors (Lipinski definition) is 1. The van der Waals surface area contributed by atoms with Gasteiger partial charge in [0.2, 0.25) is 0 Å². The Labute approximate surface area is 81.0 Å². The summed E-state index contributed by atoms with van der Waals surface area (Å²) in [6, 6.07) is 6.26. The summed E-state index contributed by atoms with van der Waals surface area (Å²) in [6.45, 7) is 6.67. The first-order valence-electron chi connectivity index (χ1n) is 5.07. The van der Waals surface area contributed by atoms with Crippen molar-refractivity contribution in [1.29, 1.82) is 0 Å². The predicted molar refractivity (Wildman–Crippen MR) is 58.9 cm³/mol. The Bertz CT molecular complexity index is 278. The molecule has 72 valence electrons. The highest BCUT2D eigenvalue weighted by Crippen LogP contribution is 2.25. The van der Waals surface area contributed by atoms with Gasteiger partial charge in [0.1, 0.15) is 0 Å². The zero-order valence-electron chi connectivity index (χ0n) is 8.80. The fraction of sp³-hybridized carbons (Fsp3) is 0.500. The predicted octanol–water partition coefficient (Wildman–Crippen LogP) is 3.34. The van der Waals surface area contributed by atoms with Gasteiger partial charge in [0, 0.05) is 5.69 Å². The van der Waals surface area contributed by atoms with E-state index in [0.29, 0.717) is 5.92 Å². The maximum absolute atomic E-state index is 5.77. The van der Waals surface area contributed by atoms with Gasteiger partial charge in [-0.05, 0) is 42.0 Å². The molecule has 0 saturated carbocycles. The molecule has 1 rings (SSSR count). The molecule has 2 N–H and O–H groups in total. The summed E-state index contributed by atoms with van der Waals surface area (Å²) in [7, 11) is 0. The summed E-state index contributed by atoms with van der Waals surface area (Å²) < 4.78 is 0. The van der Waals surface area contributed by atoms with Crippen LogP contribution >= 0.6 is 0 Å². The van der Waals surface area contributed by atoms with E-state index in [2.05, 4.69) is 32.9 Å². The Balaban J connectivity index is 3.07. The Hall–Kier alpha value is -0.980. The third kappa shape index (κ3) is 2.24. The highest BCUT2D eigenvalue weighted by atomic mass is 14.5. The second-order valence-corrected chi connectivity index (χ2v) is 3.62. The van der Waals surface area contributed by atoms with Crippen molar-refractivity contribution < 1.29 is 0 Å². The molecule has 0 aliphatic rings. The molecule has 0 bridgehead atoms. The molecule has 1 atom stereocenters. The van der Waals surface area contributed by atoms with E-state index in [1.54, 1.807) is 0 Å². The number of benzene rings is 1. The highest BCUT2D eigenvalue weighted by molar-refractivity contribution is 5.46. The Morgan fingerprint density at radius 3 is 2.54 bits per heavy atom. The van der Waals surface area contributed by atoms with Crippen LogP contribution in [0.5, 0.6) is 0 Å². The molecule has 1 aromatic rings. The maximum atomic E-state index is 5.77. The van der Waals surface area contributed by atoms with Crippen molar-refractivity contribution in [2.24, 2.45) is 0 Å². The summed E-state index contributed by atoms with van der Waals surface area (Å²) in [6.07, 6.45) is 2.27. The molecule has 0 spiro atoms. The van der Waals surface area contributed by atoms with Gasteiger partial charge in [0.25, 0.3) is 0 Å². The summed E-state index contributed by atoms with van der Waals surface area (Å²) in [5.74, 6) is 0.624. The summed E-state index contributed by atoms with van der Waals surface area (Å²) in [5, 5.41) is 0. The van der Waals surface area contributed by atoms with Crippen molar-refractivity contribution >= 4 is 5.69 Å². The number of hydrogen-bond donors (Lipinski definition) is 1. The van der Waals surface area contributed by atoms with Crippen LogP contribution in [0.3, 0.4) is 0 Å². The molecule has 0 saturated heterocycles. The number of nitrogens with two attached hydrogens (primary N) is 1. The molecule has 1 unspecified atom stereocenters. The van der Waals surface area contributed by atoms with Gasteiger partial charge < -0.3 is 5.73 Å². The van der Waals surface area contributed by atoms with Crippen molar-refractivity contribution in [2.75, 3.05) is 5.73 Å². The SMILES string of the molecule is CCc1ccc(N)cc1C(C)CC. The number of rotatable bonds is 3. The molecular formula is C12H19N. The van der Waals surface area contributed by atoms with Crippen LogP contribution in [0.2, 0.25) is 0 Å². The first kappa shape index (κ1) is 10.1. The normalized spacial score (nSPS) is 12.8. The van der Waals surface area contributed by atoms with Crippen molar-refractivity contribution in [1.82, 2.24) is 0 Å². The molecule has 1 heteroatoms. The second kappa shape index (κ2) is 4.31. The highest BCUT2D eigenvalue weighted by Gasteiger charge is 2.07. The minimum atomic E-state index is 0.624. The number of aryl methyl sites for hydroxylation is 1. The Kier molecular flexibility index (Phi) is 3.35. The number of anilines is 1. The van der Waals surface area contributed by atoms with Gasteiger partial charge in [-0.15, -0.1) is 0 Å². The zero-order valence-corrected chi connectivity index (χ0v) is 8.80. The molecule has 1 aromatic carbocycles. The molecule has 1 nitrogen and oxygen atoms in total. The van der Waals surface area contributed by atoms with Crippen LogP contribution in [0.15, 0.2) is 18.2 Å². The largest absolute Gasteiger partial charge is 0.399 e. The van der Waals surface area contributed by atoms with E-state index >= 15 is 0 Å². The number of nitrogen functional groups attached to an aromatic ring is 1. The lowest BCUT2D eigenvalue weighted by Crippen LogP contribution is -1.99. The van der Waals surface area contributed by atoms with Gasteiger partial charge in [0.15, 0.2) is 0 Å². The van der Waals surface area contributed by atoms with Crippen LogP contribution in [0.4, 0.5) is 5.69 Å². The van der Waals surface area contributed by atoms with Crippen LogP contribution in [0.1, 0.15) is 44.2 Å². The first-order chi connectivity index (χ1) is 6.19. The van der Waals surface area contributed by atoms with Gasteiger partial charge in [-0.3, -0.25) is 0 Å². The molecule has 0 radical (unpaired) electrons. The third-order valence-corrected chi connectivity index (χ3v) is 2.69. The van der Waals surface area contributed by atoms with Gasteiger partial charge in [0.05, 0.1) is 0 Å². The lowest BCUT2D eigenvalue weighted by atomic mass is 9.92. The summed E-state index contributed by atoms with van der Waals surface area (Å²) >= 11 is 0. The van der Waals surface area contributed by atoms with E-state index in [4.69, 9.17) is 5.73 Å². The first-order valence-corrected chi connectivity index (χ1v) is 5.07. The average Bonchev–Trinajstić information content (AvgIpc) is 2.16. The fourth-order valence-corrected chi connectivity index (χ4v) is 1.61. The van der Waals surface area contributed by atoms with E-state index in [1.165, 1.54) is 17.5 Å². The van der Waals surface area contributed by atoms with E-state index in [9.17, 15) is 0 Å². The maximum Gasteiger partial charge on any atom is 0.0317 e. The molecular weight excluding hydrogens is 158 g/mol. The van der Waals surface area contributed by atoms with Gasteiger partial charge >= 0.3 is 0 Å². The monoisotopic (exact) mass is 177 g/mol.